The van der Waals surface area contributed by atoms with Crippen molar-refractivity contribution in [2.75, 3.05) is 0 Å². The normalized spacial score (nSPS) is 16.2. The van der Waals surface area contributed by atoms with Crippen LogP contribution in [-0.2, 0) is 4.79 Å². The number of carbonyl (C=O) groups is 1. The number of hydrogen-bond donors (Lipinski definition) is 0. The monoisotopic (exact) mass is 180 g/mol. The molecule has 1 amide bonds. The van der Waals surface area contributed by atoms with Gasteiger partial charge in [0.05, 0.1) is 5.57 Å². The fourth-order valence-corrected chi connectivity index (χ4v) is 1.27. The van der Waals surface area contributed by atoms with E-state index >= 15 is 0 Å². The number of amides is 1. The van der Waals surface area contributed by atoms with Gasteiger partial charge < -0.3 is 0 Å². The summed E-state index contributed by atoms with van der Waals surface area (Å²) in [4.78, 5) is 22.1. The van der Waals surface area contributed by atoms with E-state index in [0.29, 0.717) is 10.3 Å². The van der Waals surface area contributed by atoms with Crippen molar-refractivity contribution in [3.05, 3.63) is 28.8 Å². The molecule has 0 N–H and O–H groups in total. The second-order valence-electron chi connectivity index (χ2n) is 3.12. The summed E-state index contributed by atoms with van der Waals surface area (Å²) in [5.41, 5.74) is 0.631. The first kappa shape index (κ1) is 9.84. The van der Waals surface area contributed by atoms with Gasteiger partial charge >= 0.3 is 5.91 Å². The van der Waals surface area contributed by atoms with Gasteiger partial charge in [-0.25, -0.2) is 4.79 Å². The lowest BCUT2D eigenvalue weighted by molar-refractivity contribution is -0.398. The Bertz CT molecular complexity index is 277. The number of carbonyl (C=O) groups excluding carboxylic acids is 1. The molecular formula is C10H14NO2+. The van der Waals surface area contributed by atoms with Crippen LogP contribution in [0.5, 0.6) is 0 Å². The fourth-order valence-electron chi connectivity index (χ4n) is 1.27. The minimum absolute atomic E-state index is 0.390. The van der Waals surface area contributed by atoms with Gasteiger partial charge in [-0.05, 0) is 18.9 Å². The van der Waals surface area contributed by atoms with Crippen LogP contribution >= 0.6 is 0 Å². The van der Waals surface area contributed by atoms with E-state index < -0.39 is 5.91 Å². The maximum absolute atomic E-state index is 11.2. The Kier molecular flexibility index (Phi) is 3.55. The highest BCUT2D eigenvalue weighted by Crippen LogP contribution is 2.13. The summed E-state index contributed by atoms with van der Waals surface area (Å²) in [5.74, 6) is -0.404. The molecule has 1 heterocycles. The molecule has 0 radical (unpaired) electrons. The quantitative estimate of drug-likeness (QED) is 0.491. The maximum Gasteiger partial charge on any atom is 0.467 e. The minimum atomic E-state index is -0.404. The zero-order chi connectivity index (χ0) is 9.68. The molecule has 0 saturated carbocycles. The molecule has 1 aliphatic rings. The first-order chi connectivity index (χ1) is 6.25. The van der Waals surface area contributed by atoms with Gasteiger partial charge in [0, 0.05) is 11.0 Å². The van der Waals surface area contributed by atoms with Gasteiger partial charge in [0.25, 0.3) is 0 Å². The van der Waals surface area contributed by atoms with E-state index in [0.717, 1.165) is 25.7 Å². The van der Waals surface area contributed by atoms with Crippen LogP contribution in [0.15, 0.2) is 23.9 Å². The molecule has 0 bridgehead atoms. The lowest BCUT2D eigenvalue weighted by Gasteiger charge is -2.00. The van der Waals surface area contributed by atoms with Crippen molar-refractivity contribution in [2.45, 2.75) is 32.6 Å². The number of nitroso groups, excluding NO2 is 1. The summed E-state index contributed by atoms with van der Waals surface area (Å²) in [6, 6.07) is 0. The molecule has 3 nitrogen and oxygen atoms in total. The topological polar surface area (TPSA) is 37.1 Å². The van der Waals surface area contributed by atoms with E-state index in [1.165, 1.54) is 6.20 Å². The van der Waals surface area contributed by atoms with Crippen LogP contribution in [0.3, 0.4) is 0 Å². The zero-order valence-corrected chi connectivity index (χ0v) is 7.82. The highest BCUT2D eigenvalue weighted by Gasteiger charge is 2.26. The predicted molar refractivity (Wildman–Crippen MR) is 50.0 cm³/mol. The molecule has 0 aromatic rings. The second-order valence-corrected chi connectivity index (χ2v) is 3.12. The minimum Gasteiger partial charge on any atom is -0.209 e. The van der Waals surface area contributed by atoms with Crippen molar-refractivity contribution < 1.29 is 9.55 Å². The largest absolute Gasteiger partial charge is 0.467 e. The smallest absolute Gasteiger partial charge is 0.209 e. The number of allylic oxidation sites excluding steroid dienone is 2. The Balaban J connectivity index is 2.49. The van der Waals surface area contributed by atoms with Gasteiger partial charge in [0.2, 0.25) is 6.20 Å². The van der Waals surface area contributed by atoms with Gasteiger partial charge in [-0.3, -0.25) is 0 Å². The summed E-state index contributed by atoms with van der Waals surface area (Å²) >= 11 is 0. The predicted octanol–water partition coefficient (Wildman–Crippen LogP) is 2.33. The molecule has 0 fully saturated rings. The molecule has 0 aromatic carbocycles. The number of unbranched alkanes of at least 4 members (excludes halogenated alkanes) is 2. The van der Waals surface area contributed by atoms with Crippen LogP contribution < -0.4 is 0 Å². The van der Waals surface area contributed by atoms with E-state index in [9.17, 15) is 9.70 Å². The number of hydrogen-bond acceptors (Lipinski definition) is 2. The molecule has 0 unspecified atom stereocenters. The molecule has 0 aromatic heterocycles. The van der Waals surface area contributed by atoms with Crippen molar-refractivity contribution in [3.63, 3.8) is 0 Å². The van der Waals surface area contributed by atoms with Crippen molar-refractivity contribution >= 4 is 5.91 Å². The summed E-state index contributed by atoms with van der Waals surface area (Å²) in [6.45, 7) is 2.11. The molecule has 0 atom stereocenters. The first-order valence-electron chi connectivity index (χ1n) is 4.63. The van der Waals surface area contributed by atoms with Gasteiger partial charge in [-0.15, -0.1) is 0 Å². The maximum atomic E-state index is 11.2. The lowest BCUT2D eigenvalue weighted by Crippen LogP contribution is -2.17. The standard InChI is InChI=1S/C10H14NO2/c1-2-3-4-6-9-7-5-8-11(13)10(9)12/h5,7-8H,2-4,6H2,1H3/q+1. The highest BCUT2D eigenvalue weighted by molar-refractivity contribution is 5.88. The number of rotatable bonds is 4. The van der Waals surface area contributed by atoms with Crippen molar-refractivity contribution in [1.29, 1.82) is 0 Å². The van der Waals surface area contributed by atoms with Crippen LogP contribution in [-0.4, -0.2) is 10.7 Å². The van der Waals surface area contributed by atoms with Crippen molar-refractivity contribution in [2.24, 2.45) is 0 Å². The first-order valence-corrected chi connectivity index (χ1v) is 4.63. The van der Waals surface area contributed by atoms with Gasteiger partial charge in [-0.1, -0.05) is 19.8 Å². The fraction of sp³-hybridized carbons (Fsp3) is 0.500. The Morgan fingerprint density at radius 1 is 1.38 bits per heavy atom. The summed E-state index contributed by atoms with van der Waals surface area (Å²) in [5, 5.41) is 0. The van der Waals surface area contributed by atoms with Gasteiger partial charge in [0.15, 0.2) is 0 Å². The summed E-state index contributed by atoms with van der Waals surface area (Å²) in [7, 11) is 0. The van der Waals surface area contributed by atoms with Crippen LogP contribution in [0.2, 0.25) is 0 Å². The SMILES string of the molecule is CCCCCC1=CC=C[N+](=O)C1=O. The van der Waals surface area contributed by atoms with Crippen molar-refractivity contribution in [3.8, 4) is 0 Å². The molecule has 13 heavy (non-hydrogen) atoms. The second kappa shape index (κ2) is 4.70. The van der Waals surface area contributed by atoms with E-state index in [4.69, 9.17) is 0 Å². The van der Waals surface area contributed by atoms with E-state index in [-0.39, 0.29) is 0 Å². The third-order valence-electron chi connectivity index (χ3n) is 2.04. The third-order valence-corrected chi connectivity index (χ3v) is 2.04. The van der Waals surface area contributed by atoms with Gasteiger partial charge in [-0.2, -0.15) is 0 Å². The van der Waals surface area contributed by atoms with Crippen LogP contribution in [0.4, 0.5) is 0 Å². The molecule has 0 spiro atoms. The van der Waals surface area contributed by atoms with Crippen molar-refractivity contribution in [1.82, 2.24) is 0 Å². The number of nitrogens with zero attached hydrogens (tertiary/aromatic N) is 1. The Morgan fingerprint density at radius 2 is 2.15 bits per heavy atom. The lowest BCUT2D eigenvalue weighted by atomic mass is 10.1. The Labute approximate surface area is 77.7 Å². The molecule has 1 rings (SSSR count). The highest BCUT2D eigenvalue weighted by atomic mass is 16.3. The van der Waals surface area contributed by atoms with E-state index in [1.54, 1.807) is 12.2 Å². The van der Waals surface area contributed by atoms with E-state index in [1.807, 2.05) is 0 Å². The average Bonchev–Trinajstić information content (AvgIpc) is 2.13. The zero-order valence-electron chi connectivity index (χ0n) is 7.82. The molecule has 3 heteroatoms. The average molecular weight is 180 g/mol. The summed E-state index contributed by atoms with van der Waals surface area (Å²) < 4.78 is 0.390. The molecule has 70 valence electrons. The van der Waals surface area contributed by atoms with Gasteiger partial charge in [0.1, 0.15) is 4.76 Å². The van der Waals surface area contributed by atoms with Crippen LogP contribution in [0, 0.1) is 4.91 Å². The molecule has 0 aliphatic carbocycles. The van der Waals surface area contributed by atoms with Crippen LogP contribution in [0.1, 0.15) is 32.6 Å². The third kappa shape index (κ3) is 2.61. The Morgan fingerprint density at radius 3 is 2.85 bits per heavy atom. The van der Waals surface area contributed by atoms with E-state index in [2.05, 4.69) is 6.92 Å². The molecule has 0 saturated heterocycles. The molecular weight excluding hydrogens is 166 g/mol. The Hall–Kier alpha value is -1.25. The molecule has 1 aliphatic heterocycles. The van der Waals surface area contributed by atoms with Crippen LogP contribution in [0.25, 0.3) is 0 Å². The summed E-state index contributed by atoms with van der Waals surface area (Å²) in [6.07, 6.45) is 8.52.